The molecule has 0 radical (unpaired) electrons. The monoisotopic (exact) mass is 362 g/mol. The van der Waals surface area contributed by atoms with Gasteiger partial charge in [-0.25, -0.2) is 9.71 Å². The molecule has 2 unspecified atom stereocenters. The van der Waals surface area contributed by atoms with Gasteiger partial charge in [-0.2, -0.15) is 8.42 Å². The second kappa shape index (κ2) is 5.13. The van der Waals surface area contributed by atoms with Crippen LogP contribution in [0.2, 0.25) is 0 Å². The lowest BCUT2D eigenvalue weighted by Crippen LogP contribution is -2.33. The molecule has 24 heavy (non-hydrogen) atoms. The highest BCUT2D eigenvalue weighted by molar-refractivity contribution is 7.92. The van der Waals surface area contributed by atoms with E-state index in [0.717, 1.165) is 35.5 Å². The lowest BCUT2D eigenvalue weighted by atomic mass is 9.95. The molecule has 2 atom stereocenters. The Morgan fingerprint density at radius 3 is 2.79 bits per heavy atom. The molecule has 1 heterocycles. The number of aromatic nitrogens is 1. The van der Waals surface area contributed by atoms with Crippen LogP contribution in [0.3, 0.4) is 0 Å². The van der Waals surface area contributed by atoms with Gasteiger partial charge in [-0.3, -0.25) is 4.79 Å². The van der Waals surface area contributed by atoms with Gasteiger partial charge in [0.2, 0.25) is 10.2 Å². The summed E-state index contributed by atoms with van der Waals surface area (Å²) in [4.78, 5) is 17.4. The van der Waals surface area contributed by atoms with Crippen molar-refractivity contribution in [1.82, 2.24) is 9.71 Å². The van der Waals surface area contributed by atoms with E-state index < -0.39 is 15.9 Å². The molecule has 1 aromatic carbocycles. The second-order valence-corrected chi connectivity index (χ2v) is 9.72. The minimum absolute atomic E-state index is 0.0348. The third kappa shape index (κ3) is 2.29. The van der Waals surface area contributed by atoms with E-state index in [1.807, 2.05) is 19.1 Å². The Hall–Kier alpha value is -1.73. The minimum atomic E-state index is -3.88. The molecule has 126 valence electrons. The molecule has 7 heteroatoms. The van der Waals surface area contributed by atoms with Gasteiger partial charge in [0.05, 0.1) is 5.69 Å². The fourth-order valence-corrected chi connectivity index (χ4v) is 6.07. The van der Waals surface area contributed by atoms with Crippen LogP contribution in [-0.2, 0) is 26.7 Å². The first kappa shape index (κ1) is 15.8. The van der Waals surface area contributed by atoms with Gasteiger partial charge < -0.3 is 0 Å². The standard InChI is InChI=1S/C17H18N2O3S2/c1-10-11(2)23-16(18-10)24(21,22)19-15(20)14-9-17(14)8-7-12-5-3-4-6-13(12)17/h3-6,14H,7-9H2,1-2H3,(H,19,20). The Morgan fingerprint density at radius 1 is 1.33 bits per heavy atom. The molecule has 2 aromatic rings. The van der Waals surface area contributed by atoms with E-state index >= 15 is 0 Å². The van der Waals surface area contributed by atoms with E-state index in [-0.39, 0.29) is 15.7 Å². The van der Waals surface area contributed by atoms with Crippen LogP contribution >= 0.6 is 11.3 Å². The SMILES string of the molecule is Cc1nc(S(=O)(=O)NC(=O)C2CC23CCc2ccccc23)sc1C. The summed E-state index contributed by atoms with van der Waals surface area (Å²) in [5.41, 5.74) is 3.01. The van der Waals surface area contributed by atoms with E-state index in [2.05, 4.69) is 21.8 Å². The quantitative estimate of drug-likeness (QED) is 0.910. The number of benzene rings is 1. The van der Waals surface area contributed by atoms with Crippen molar-refractivity contribution < 1.29 is 13.2 Å². The number of amides is 1. The molecule has 0 aliphatic heterocycles. The lowest BCUT2D eigenvalue weighted by molar-refractivity contribution is -0.121. The summed E-state index contributed by atoms with van der Waals surface area (Å²) in [5.74, 6) is -0.671. The predicted molar refractivity (Wildman–Crippen MR) is 91.5 cm³/mol. The minimum Gasteiger partial charge on any atom is -0.274 e. The summed E-state index contributed by atoms with van der Waals surface area (Å²) in [5, 5.41) is 0. The number of aryl methyl sites for hydroxylation is 3. The number of rotatable bonds is 3. The Morgan fingerprint density at radius 2 is 2.08 bits per heavy atom. The van der Waals surface area contributed by atoms with E-state index in [9.17, 15) is 13.2 Å². The number of sulfonamides is 1. The van der Waals surface area contributed by atoms with E-state index in [4.69, 9.17) is 0 Å². The molecule has 2 aliphatic rings. The number of fused-ring (bicyclic) bond motifs is 2. The first-order valence-corrected chi connectivity index (χ1v) is 10.2. The van der Waals surface area contributed by atoms with Crippen molar-refractivity contribution in [3.8, 4) is 0 Å². The van der Waals surface area contributed by atoms with Crippen LogP contribution in [0.25, 0.3) is 0 Å². The smallest absolute Gasteiger partial charge is 0.274 e. The maximum Gasteiger partial charge on any atom is 0.291 e. The first-order chi connectivity index (χ1) is 11.3. The Kier molecular flexibility index (Phi) is 3.37. The molecule has 1 spiro atoms. The van der Waals surface area contributed by atoms with Gasteiger partial charge in [0.25, 0.3) is 10.0 Å². The number of hydrogen-bond donors (Lipinski definition) is 1. The third-order valence-corrected chi connectivity index (χ3v) is 8.06. The second-order valence-electron chi connectivity index (χ2n) is 6.66. The lowest BCUT2D eigenvalue weighted by Gasteiger charge is -2.11. The molecule has 4 rings (SSSR count). The van der Waals surface area contributed by atoms with Crippen LogP contribution in [0.5, 0.6) is 0 Å². The molecule has 5 nitrogen and oxygen atoms in total. The number of nitrogens with zero attached hydrogens (tertiary/aromatic N) is 1. The normalized spacial score (nSPS) is 24.8. The van der Waals surface area contributed by atoms with Crippen LogP contribution < -0.4 is 4.72 Å². The topological polar surface area (TPSA) is 76.1 Å². The number of carbonyl (C=O) groups is 1. The number of hydrogen-bond acceptors (Lipinski definition) is 5. The molecular weight excluding hydrogens is 344 g/mol. The molecule has 1 fully saturated rings. The molecule has 0 saturated heterocycles. The fraction of sp³-hybridized carbons (Fsp3) is 0.412. The van der Waals surface area contributed by atoms with E-state index in [1.54, 1.807) is 6.92 Å². The molecule has 1 aromatic heterocycles. The van der Waals surface area contributed by atoms with Gasteiger partial charge in [-0.05, 0) is 44.2 Å². The van der Waals surface area contributed by atoms with E-state index in [0.29, 0.717) is 5.69 Å². The maximum atomic E-state index is 12.5. The predicted octanol–water partition coefficient (Wildman–Crippen LogP) is 2.47. The van der Waals surface area contributed by atoms with Crippen molar-refractivity contribution in [2.75, 3.05) is 0 Å². The third-order valence-electron chi connectivity index (χ3n) is 5.26. The van der Waals surface area contributed by atoms with Gasteiger partial charge in [0.15, 0.2) is 0 Å². The zero-order valence-electron chi connectivity index (χ0n) is 13.5. The van der Waals surface area contributed by atoms with Crippen LogP contribution in [0.4, 0.5) is 0 Å². The van der Waals surface area contributed by atoms with Crippen molar-refractivity contribution in [3.63, 3.8) is 0 Å². The van der Waals surface area contributed by atoms with Crippen LogP contribution in [0, 0.1) is 19.8 Å². The van der Waals surface area contributed by atoms with Gasteiger partial charge in [-0.15, -0.1) is 11.3 Å². The summed E-state index contributed by atoms with van der Waals surface area (Å²) in [7, 11) is -3.88. The van der Waals surface area contributed by atoms with Crippen LogP contribution in [0.1, 0.15) is 34.5 Å². The van der Waals surface area contributed by atoms with Crippen molar-refractivity contribution in [3.05, 3.63) is 46.0 Å². The van der Waals surface area contributed by atoms with Crippen LogP contribution in [-0.4, -0.2) is 19.3 Å². The highest BCUT2D eigenvalue weighted by Crippen LogP contribution is 2.61. The van der Waals surface area contributed by atoms with Crippen molar-refractivity contribution in [2.24, 2.45) is 5.92 Å². The number of carbonyl (C=O) groups excluding carboxylic acids is 1. The molecule has 1 amide bonds. The summed E-state index contributed by atoms with van der Waals surface area (Å²) in [6.07, 6.45) is 2.60. The summed E-state index contributed by atoms with van der Waals surface area (Å²) >= 11 is 1.09. The largest absolute Gasteiger partial charge is 0.291 e. The van der Waals surface area contributed by atoms with Crippen molar-refractivity contribution >= 4 is 27.3 Å². The first-order valence-electron chi connectivity index (χ1n) is 7.92. The van der Waals surface area contributed by atoms with Gasteiger partial charge in [0, 0.05) is 16.2 Å². The molecule has 1 saturated carbocycles. The average Bonchev–Trinajstić information content (AvgIpc) is 3.01. The summed E-state index contributed by atoms with van der Waals surface area (Å²) in [6.45, 7) is 3.58. The zero-order chi connectivity index (χ0) is 17.1. The highest BCUT2D eigenvalue weighted by atomic mass is 32.2. The number of nitrogens with one attached hydrogen (secondary N) is 1. The Bertz CT molecular complexity index is 929. The maximum absolute atomic E-state index is 12.5. The average molecular weight is 362 g/mol. The van der Waals surface area contributed by atoms with Gasteiger partial charge in [-0.1, -0.05) is 24.3 Å². The summed E-state index contributed by atoms with van der Waals surface area (Å²) in [6, 6.07) is 8.15. The molecule has 0 bridgehead atoms. The number of thiazole rings is 1. The van der Waals surface area contributed by atoms with E-state index in [1.165, 1.54) is 11.1 Å². The fourth-order valence-electron chi connectivity index (χ4n) is 3.74. The molecular formula is C17H18N2O3S2. The Labute approximate surface area is 145 Å². The molecule has 2 aliphatic carbocycles. The summed E-state index contributed by atoms with van der Waals surface area (Å²) < 4.78 is 27.0. The van der Waals surface area contributed by atoms with Crippen molar-refractivity contribution in [2.45, 2.75) is 42.9 Å². The van der Waals surface area contributed by atoms with Crippen molar-refractivity contribution in [1.29, 1.82) is 0 Å². The van der Waals surface area contributed by atoms with Crippen LogP contribution in [0.15, 0.2) is 28.6 Å². The zero-order valence-corrected chi connectivity index (χ0v) is 15.1. The highest BCUT2D eigenvalue weighted by Gasteiger charge is 2.61. The Balaban J connectivity index is 1.55. The van der Waals surface area contributed by atoms with Gasteiger partial charge in [0.1, 0.15) is 0 Å². The van der Waals surface area contributed by atoms with Gasteiger partial charge >= 0.3 is 0 Å². The molecule has 1 N–H and O–H groups in total.